The van der Waals surface area contributed by atoms with E-state index in [0.717, 1.165) is 33.7 Å². The number of hydrogen-bond acceptors (Lipinski definition) is 5. The van der Waals surface area contributed by atoms with E-state index in [9.17, 15) is 4.79 Å². The molecule has 0 aliphatic carbocycles. The lowest BCUT2D eigenvalue weighted by atomic mass is 9.99. The second-order valence-corrected chi connectivity index (χ2v) is 7.61. The lowest BCUT2D eigenvalue weighted by Crippen LogP contribution is -2.06. The molecule has 0 aliphatic rings. The molecule has 0 aliphatic heterocycles. The number of rotatable bonds is 8. The largest absolute Gasteiger partial charge is 0.489 e. The Hall–Kier alpha value is -3.86. The van der Waals surface area contributed by atoms with Crippen molar-refractivity contribution in [3.63, 3.8) is 0 Å². The standard InChI is InChI=1S/C27H25NO4.C2H6/c1-18-9-7-12-22(26(18)19(2)29)16-30-23-13-8-14-24(15-23)31-17-25-20(3)32-27(28-25)21-10-5-4-6-11-21;1-2/h4-15H,16-17H2,1-3H3;1-2H3. The van der Waals surface area contributed by atoms with E-state index in [0.29, 0.717) is 24.0 Å². The molecule has 1 heterocycles. The second kappa shape index (κ2) is 11.8. The van der Waals surface area contributed by atoms with Gasteiger partial charge in [-0.2, -0.15) is 0 Å². The van der Waals surface area contributed by atoms with Crippen LogP contribution in [0.1, 0.15) is 53.7 Å². The topological polar surface area (TPSA) is 61.6 Å². The third kappa shape index (κ3) is 6.13. The van der Waals surface area contributed by atoms with Gasteiger partial charge >= 0.3 is 0 Å². The van der Waals surface area contributed by atoms with Gasteiger partial charge in [0.05, 0.1) is 0 Å². The van der Waals surface area contributed by atoms with Crippen molar-refractivity contribution in [3.05, 3.63) is 101 Å². The van der Waals surface area contributed by atoms with Crippen molar-refractivity contribution in [2.45, 2.75) is 47.8 Å². The zero-order valence-electron chi connectivity index (χ0n) is 20.4. The van der Waals surface area contributed by atoms with Crippen LogP contribution in [-0.4, -0.2) is 10.8 Å². The first-order valence-electron chi connectivity index (χ1n) is 11.5. The van der Waals surface area contributed by atoms with E-state index in [1.54, 1.807) is 6.92 Å². The van der Waals surface area contributed by atoms with Crippen LogP contribution in [0.25, 0.3) is 11.5 Å². The molecular weight excluding hydrogens is 426 g/mol. The van der Waals surface area contributed by atoms with E-state index in [4.69, 9.17) is 13.9 Å². The molecule has 0 radical (unpaired) electrons. The van der Waals surface area contributed by atoms with Gasteiger partial charge in [-0.15, -0.1) is 0 Å². The third-order valence-corrected chi connectivity index (χ3v) is 5.20. The van der Waals surface area contributed by atoms with Crippen LogP contribution < -0.4 is 9.47 Å². The molecule has 0 saturated heterocycles. The third-order valence-electron chi connectivity index (χ3n) is 5.20. The first kappa shape index (κ1) is 24.8. The predicted molar refractivity (Wildman–Crippen MR) is 134 cm³/mol. The summed E-state index contributed by atoms with van der Waals surface area (Å²) in [5.41, 5.74) is 4.22. The number of ether oxygens (including phenoxy) is 2. The predicted octanol–water partition coefficient (Wildman–Crippen LogP) is 7.35. The maximum atomic E-state index is 12.0. The van der Waals surface area contributed by atoms with E-state index in [1.807, 2.05) is 100 Å². The Bertz CT molecular complexity index is 1230. The minimum atomic E-state index is 0.0386. The van der Waals surface area contributed by atoms with Crippen molar-refractivity contribution in [2.24, 2.45) is 0 Å². The number of hydrogen-bond donors (Lipinski definition) is 0. The number of ketones is 1. The highest BCUT2D eigenvalue weighted by Crippen LogP contribution is 2.25. The molecule has 0 N–H and O–H groups in total. The van der Waals surface area contributed by atoms with E-state index in [2.05, 4.69) is 4.98 Å². The van der Waals surface area contributed by atoms with E-state index in [1.165, 1.54) is 0 Å². The van der Waals surface area contributed by atoms with E-state index in [-0.39, 0.29) is 12.4 Å². The van der Waals surface area contributed by atoms with Gasteiger partial charge in [0.2, 0.25) is 5.89 Å². The Labute approximate surface area is 201 Å². The van der Waals surface area contributed by atoms with Crippen molar-refractivity contribution < 1.29 is 18.7 Å². The monoisotopic (exact) mass is 457 g/mol. The normalized spacial score (nSPS) is 10.3. The quantitative estimate of drug-likeness (QED) is 0.259. The smallest absolute Gasteiger partial charge is 0.226 e. The first-order chi connectivity index (χ1) is 16.5. The molecule has 1 aromatic heterocycles. The fourth-order valence-electron chi connectivity index (χ4n) is 3.59. The van der Waals surface area contributed by atoms with Gasteiger partial charge in [0.15, 0.2) is 5.78 Å². The molecule has 176 valence electrons. The lowest BCUT2D eigenvalue weighted by molar-refractivity contribution is 0.101. The van der Waals surface area contributed by atoms with Crippen molar-refractivity contribution in [2.75, 3.05) is 0 Å². The highest BCUT2D eigenvalue weighted by Gasteiger charge is 2.13. The molecular formula is C29H31NO4. The van der Waals surface area contributed by atoms with Crippen LogP contribution in [-0.2, 0) is 13.2 Å². The molecule has 0 atom stereocenters. The van der Waals surface area contributed by atoms with Gasteiger partial charge in [-0.05, 0) is 50.6 Å². The highest BCUT2D eigenvalue weighted by molar-refractivity contribution is 5.97. The fraction of sp³-hybridized carbons (Fsp3) is 0.241. The molecule has 4 rings (SSSR count). The van der Waals surface area contributed by atoms with Crippen LogP contribution in [0.15, 0.2) is 77.2 Å². The molecule has 5 nitrogen and oxygen atoms in total. The Kier molecular flexibility index (Phi) is 8.63. The maximum absolute atomic E-state index is 12.0. The van der Waals surface area contributed by atoms with Crippen molar-refractivity contribution in [1.29, 1.82) is 0 Å². The number of aryl methyl sites for hydroxylation is 2. The summed E-state index contributed by atoms with van der Waals surface area (Å²) < 4.78 is 17.7. The number of Topliss-reactive ketones (excluding diaryl/α,β-unsaturated/α-hetero) is 1. The number of carbonyl (C=O) groups excluding carboxylic acids is 1. The summed E-state index contributed by atoms with van der Waals surface area (Å²) in [5, 5.41) is 0. The Morgan fingerprint density at radius 1 is 0.853 bits per heavy atom. The van der Waals surface area contributed by atoms with Crippen LogP contribution in [0.2, 0.25) is 0 Å². The number of carbonyl (C=O) groups is 1. The molecule has 0 unspecified atom stereocenters. The molecule has 34 heavy (non-hydrogen) atoms. The zero-order chi connectivity index (χ0) is 24.5. The fourth-order valence-corrected chi connectivity index (χ4v) is 3.59. The molecule has 0 fully saturated rings. The van der Waals surface area contributed by atoms with Crippen LogP contribution in [0.4, 0.5) is 0 Å². The summed E-state index contributed by atoms with van der Waals surface area (Å²) in [6.45, 7) is 9.99. The van der Waals surface area contributed by atoms with Gasteiger partial charge in [0.1, 0.15) is 36.2 Å². The molecule has 5 heteroatoms. The molecule has 0 bridgehead atoms. The number of oxazole rings is 1. The summed E-state index contributed by atoms with van der Waals surface area (Å²) in [5.74, 6) is 2.69. The van der Waals surface area contributed by atoms with Gasteiger partial charge in [0.25, 0.3) is 0 Å². The molecule has 0 saturated carbocycles. The van der Waals surface area contributed by atoms with Crippen molar-refractivity contribution in [1.82, 2.24) is 4.98 Å². The van der Waals surface area contributed by atoms with Gasteiger partial charge in [-0.1, -0.05) is 56.3 Å². The van der Waals surface area contributed by atoms with Crippen molar-refractivity contribution in [3.8, 4) is 23.0 Å². The molecule has 0 amide bonds. The zero-order valence-corrected chi connectivity index (χ0v) is 20.4. The Morgan fingerprint density at radius 2 is 1.50 bits per heavy atom. The first-order valence-corrected chi connectivity index (χ1v) is 11.5. The second-order valence-electron chi connectivity index (χ2n) is 7.61. The molecule has 4 aromatic rings. The molecule has 0 spiro atoms. The summed E-state index contributed by atoms with van der Waals surface area (Å²) in [7, 11) is 0. The van der Waals surface area contributed by atoms with Gasteiger partial charge in [0, 0.05) is 22.8 Å². The van der Waals surface area contributed by atoms with Gasteiger partial charge < -0.3 is 13.9 Å². The summed E-state index contributed by atoms with van der Waals surface area (Å²) in [6.07, 6.45) is 0. The summed E-state index contributed by atoms with van der Waals surface area (Å²) >= 11 is 0. The van der Waals surface area contributed by atoms with Gasteiger partial charge in [-0.25, -0.2) is 4.98 Å². The maximum Gasteiger partial charge on any atom is 0.226 e. The van der Waals surface area contributed by atoms with Crippen molar-refractivity contribution >= 4 is 5.78 Å². The van der Waals surface area contributed by atoms with Crippen LogP contribution in [0, 0.1) is 13.8 Å². The Balaban J connectivity index is 0.00000158. The number of aromatic nitrogens is 1. The highest BCUT2D eigenvalue weighted by atomic mass is 16.5. The Morgan fingerprint density at radius 3 is 2.18 bits per heavy atom. The summed E-state index contributed by atoms with van der Waals surface area (Å²) in [4.78, 5) is 16.6. The van der Waals surface area contributed by atoms with E-state index < -0.39 is 0 Å². The summed E-state index contributed by atoms with van der Waals surface area (Å²) in [6, 6.07) is 23.0. The average Bonchev–Trinajstić information content (AvgIpc) is 3.23. The van der Waals surface area contributed by atoms with Gasteiger partial charge in [-0.3, -0.25) is 4.79 Å². The minimum absolute atomic E-state index is 0.0386. The van der Waals surface area contributed by atoms with E-state index >= 15 is 0 Å². The van der Waals surface area contributed by atoms with Crippen LogP contribution >= 0.6 is 0 Å². The van der Waals surface area contributed by atoms with Crippen LogP contribution in [0.3, 0.4) is 0 Å². The average molecular weight is 458 g/mol. The lowest BCUT2D eigenvalue weighted by Gasteiger charge is -2.12. The minimum Gasteiger partial charge on any atom is -0.489 e. The molecule has 3 aromatic carbocycles. The number of nitrogens with zero attached hydrogens (tertiary/aromatic N) is 1. The SMILES string of the molecule is CC.CC(=O)c1c(C)cccc1COc1cccc(OCc2nc(-c3ccccc3)oc2C)c1. The van der Waals surface area contributed by atoms with Crippen LogP contribution in [0.5, 0.6) is 11.5 Å². The number of benzene rings is 3.